The van der Waals surface area contributed by atoms with Gasteiger partial charge in [-0.05, 0) is 63.9 Å². The Balaban J connectivity index is 1.53. The van der Waals surface area contributed by atoms with Crippen LogP contribution >= 0.6 is 0 Å². The van der Waals surface area contributed by atoms with Crippen molar-refractivity contribution < 1.29 is 14.6 Å². The minimum absolute atomic E-state index is 0.0659. The van der Waals surface area contributed by atoms with E-state index in [1.165, 1.54) is 4.57 Å². The number of allylic oxidation sites excluding steroid dienone is 12. The van der Waals surface area contributed by atoms with E-state index in [1.807, 2.05) is 12.2 Å². The molecule has 1 amide bonds. The lowest BCUT2D eigenvalue weighted by Crippen LogP contribution is -2.28. The first kappa shape index (κ1) is 30.9. The normalized spacial score (nSPS) is 18.5. The van der Waals surface area contributed by atoms with Gasteiger partial charge in [0, 0.05) is 12.6 Å². The van der Waals surface area contributed by atoms with E-state index in [0.29, 0.717) is 25.7 Å². The first-order chi connectivity index (χ1) is 18.6. The molecule has 7 nitrogen and oxygen atoms in total. The van der Waals surface area contributed by atoms with Crippen LogP contribution in [0.2, 0.25) is 0 Å². The molecule has 0 aromatic carbocycles. The van der Waals surface area contributed by atoms with Crippen molar-refractivity contribution in [3.8, 4) is 0 Å². The van der Waals surface area contributed by atoms with Gasteiger partial charge in [0.2, 0.25) is 5.91 Å². The van der Waals surface area contributed by atoms with Crippen molar-refractivity contribution in [2.45, 2.75) is 83.5 Å². The molecule has 1 aromatic rings. The summed E-state index contributed by atoms with van der Waals surface area (Å²) in [5.41, 5.74) is -0.483. The van der Waals surface area contributed by atoms with Crippen LogP contribution in [0.4, 0.5) is 5.82 Å². The van der Waals surface area contributed by atoms with Crippen molar-refractivity contribution >= 4 is 11.7 Å². The molecule has 0 aliphatic carbocycles. The number of carbonyl (C=O) groups excluding carboxylic acids is 1. The molecule has 0 unspecified atom stereocenters. The maximum atomic E-state index is 12.3. The van der Waals surface area contributed by atoms with Crippen LogP contribution in [0.3, 0.4) is 0 Å². The van der Waals surface area contributed by atoms with Gasteiger partial charge in [-0.25, -0.2) is 4.79 Å². The Bertz CT molecular complexity index is 1050. The lowest BCUT2D eigenvalue weighted by Gasteiger charge is -2.14. The van der Waals surface area contributed by atoms with Gasteiger partial charge in [0.25, 0.3) is 0 Å². The quantitative estimate of drug-likeness (QED) is 0.234. The second-order valence-electron chi connectivity index (χ2n) is 8.98. The van der Waals surface area contributed by atoms with Crippen molar-refractivity contribution in [2.75, 3.05) is 11.9 Å². The molecular formula is C31H43N3O4. The van der Waals surface area contributed by atoms with E-state index in [9.17, 15) is 14.7 Å². The highest BCUT2D eigenvalue weighted by Crippen LogP contribution is 2.26. The van der Waals surface area contributed by atoms with E-state index in [-0.39, 0.29) is 24.4 Å². The van der Waals surface area contributed by atoms with Crippen LogP contribution in [0.1, 0.15) is 77.4 Å². The smallest absolute Gasteiger partial charge is 0.351 e. The fourth-order valence-electron chi connectivity index (χ4n) is 3.79. The summed E-state index contributed by atoms with van der Waals surface area (Å²) in [6.45, 7) is 2.08. The topological polar surface area (TPSA) is 93.5 Å². The summed E-state index contributed by atoms with van der Waals surface area (Å²) in [6, 6.07) is 1.59. The molecule has 2 heterocycles. The van der Waals surface area contributed by atoms with Crippen LogP contribution in [0, 0.1) is 0 Å². The highest BCUT2D eigenvalue weighted by Gasteiger charge is 2.26. The van der Waals surface area contributed by atoms with Crippen LogP contribution in [0.15, 0.2) is 90.0 Å². The first-order valence-corrected chi connectivity index (χ1v) is 13.7. The Morgan fingerprint density at radius 2 is 1.50 bits per heavy atom. The van der Waals surface area contributed by atoms with Crippen LogP contribution < -0.4 is 11.0 Å². The summed E-state index contributed by atoms with van der Waals surface area (Å²) in [5, 5.41) is 11.8. The molecule has 0 saturated carbocycles. The second kappa shape index (κ2) is 19.8. The number of aliphatic hydroxyl groups is 1. The summed E-state index contributed by atoms with van der Waals surface area (Å²) in [4.78, 5) is 28.4. The van der Waals surface area contributed by atoms with Gasteiger partial charge in [0.1, 0.15) is 12.0 Å². The average Bonchev–Trinajstić information content (AvgIpc) is 3.39. The monoisotopic (exact) mass is 521 g/mol. The molecule has 2 rings (SSSR count). The van der Waals surface area contributed by atoms with E-state index in [1.54, 1.807) is 12.3 Å². The van der Waals surface area contributed by atoms with Gasteiger partial charge in [-0.2, -0.15) is 4.98 Å². The van der Waals surface area contributed by atoms with Gasteiger partial charge in [-0.15, -0.1) is 0 Å². The number of ether oxygens (including phenoxy) is 1. The minimum Gasteiger partial charge on any atom is -0.394 e. The third kappa shape index (κ3) is 13.3. The first-order valence-electron chi connectivity index (χ1n) is 13.7. The summed E-state index contributed by atoms with van der Waals surface area (Å²) in [6.07, 6.45) is 34.7. The number of anilines is 1. The number of rotatable bonds is 17. The summed E-state index contributed by atoms with van der Waals surface area (Å²) in [5.74, 6) is 0.0438. The van der Waals surface area contributed by atoms with Crippen molar-refractivity contribution in [1.82, 2.24) is 9.55 Å². The van der Waals surface area contributed by atoms with E-state index in [4.69, 9.17) is 4.74 Å². The van der Waals surface area contributed by atoms with Crippen molar-refractivity contribution in [1.29, 1.82) is 0 Å². The molecular weight excluding hydrogens is 478 g/mol. The van der Waals surface area contributed by atoms with Gasteiger partial charge >= 0.3 is 5.69 Å². The molecule has 1 fully saturated rings. The summed E-state index contributed by atoms with van der Waals surface area (Å²) < 4.78 is 7.00. The zero-order chi connectivity index (χ0) is 27.3. The van der Waals surface area contributed by atoms with E-state index < -0.39 is 11.9 Å². The van der Waals surface area contributed by atoms with Gasteiger partial charge in [-0.3, -0.25) is 9.36 Å². The molecule has 7 heteroatoms. The zero-order valence-corrected chi connectivity index (χ0v) is 22.6. The highest BCUT2D eigenvalue weighted by atomic mass is 16.5. The third-order valence-corrected chi connectivity index (χ3v) is 5.83. The number of amides is 1. The Hall–Kier alpha value is -3.29. The summed E-state index contributed by atoms with van der Waals surface area (Å²) >= 11 is 0. The maximum Gasteiger partial charge on any atom is 0.351 e. The standard InChI is InChI=1S/C31H43N3O4/c1-2-3-4-5-6-7-8-9-10-11-12-13-14-15-16-17-18-19-20-21-29(36)32-28-24-25-34(31(37)33-28)30-23-22-27(26-35)38-30/h3-4,6-7,9-10,12-13,15-16,18-19,24-25,27,30,35H,2,5,8,11,14,17,20-23,26H2,1H3,(H,32,33,36,37)/t27-,30+/m0/s1. The van der Waals surface area contributed by atoms with Crippen LogP contribution in [-0.2, 0) is 9.53 Å². The number of aliphatic hydroxyl groups excluding tert-OH is 1. The molecule has 0 bridgehead atoms. The Morgan fingerprint density at radius 1 is 0.947 bits per heavy atom. The number of aromatic nitrogens is 2. The second-order valence-corrected chi connectivity index (χ2v) is 8.98. The van der Waals surface area contributed by atoms with E-state index in [2.05, 4.69) is 78.0 Å². The predicted octanol–water partition coefficient (Wildman–Crippen LogP) is 6.33. The van der Waals surface area contributed by atoms with Crippen LogP contribution in [0.5, 0.6) is 0 Å². The van der Waals surface area contributed by atoms with Crippen molar-refractivity contribution in [3.05, 3.63) is 95.7 Å². The van der Waals surface area contributed by atoms with Gasteiger partial charge in [0.15, 0.2) is 0 Å². The molecule has 1 saturated heterocycles. The summed E-state index contributed by atoms with van der Waals surface area (Å²) in [7, 11) is 0. The third-order valence-electron chi connectivity index (χ3n) is 5.83. The lowest BCUT2D eigenvalue weighted by molar-refractivity contribution is -0.116. The number of hydrogen-bond acceptors (Lipinski definition) is 5. The van der Waals surface area contributed by atoms with Crippen LogP contribution in [0.25, 0.3) is 0 Å². The largest absolute Gasteiger partial charge is 0.394 e. The fourth-order valence-corrected chi connectivity index (χ4v) is 3.79. The Kier molecular flexibility index (Phi) is 16.1. The highest BCUT2D eigenvalue weighted by molar-refractivity contribution is 5.89. The average molecular weight is 522 g/mol. The zero-order valence-electron chi connectivity index (χ0n) is 22.6. The Labute approximate surface area is 227 Å². The number of nitrogens with zero attached hydrogens (tertiary/aromatic N) is 2. The Morgan fingerprint density at radius 3 is 2.00 bits per heavy atom. The lowest BCUT2D eigenvalue weighted by atomic mass is 10.2. The molecule has 2 N–H and O–H groups in total. The van der Waals surface area contributed by atoms with Gasteiger partial charge in [0.05, 0.1) is 12.7 Å². The van der Waals surface area contributed by atoms with Gasteiger partial charge < -0.3 is 15.2 Å². The number of nitrogens with one attached hydrogen (secondary N) is 1. The maximum absolute atomic E-state index is 12.3. The van der Waals surface area contributed by atoms with Crippen molar-refractivity contribution in [2.24, 2.45) is 0 Å². The minimum atomic E-state index is -0.483. The molecule has 1 aliphatic rings. The molecule has 206 valence electrons. The molecule has 1 aromatic heterocycles. The molecule has 38 heavy (non-hydrogen) atoms. The van der Waals surface area contributed by atoms with Crippen LogP contribution in [-0.4, -0.2) is 33.3 Å². The SMILES string of the molecule is CCC=CCC=CCC=CCC=CCC=CCC=CCCC(=O)Nc1ccn([C@H]2CC[C@@H](CO)O2)c(=O)n1. The number of hydrogen-bond donors (Lipinski definition) is 2. The van der Waals surface area contributed by atoms with E-state index in [0.717, 1.165) is 38.5 Å². The molecule has 0 radical (unpaired) electrons. The molecule has 1 aliphatic heterocycles. The van der Waals surface area contributed by atoms with Crippen molar-refractivity contribution in [3.63, 3.8) is 0 Å². The van der Waals surface area contributed by atoms with E-state index >= 15 is 0 Å². The molecule has 2 atom stereocenters. The fraction of sp³-hybridized carbons (Fsp3) is 0.452. The number of carbonyl (C=O) groups is 1. The van der Waals surface area contributed by atoms with Gasteiger partial charge in [-0.1, -0.05) is 79.8 Å². The predicted molar refractivity (Wildman–Crippen MR) is 155 cm³/mol. The molecule has 0 spiro atoms.